The minimum atomic E-state index is -4.64. The highest BCUT2D eigenvalue weighted by Gasteiger charge is 2.31. The fourth-order valence-electron chi connectivity index (χ4n) is 2.76. The van der Waals surface area contributed by atoms with Crippen molar-refractivity contribution in [2.45, 2.75) is 6.18 Å². The molecular formula is C21H10ClF6N3O5. The maximum Gasteiger partial charge on any atom is 0.416 e. The van der Waals surface area contributed by atoms with Crippen LogP contribution in [0.3, 0.4) is 0 Å². The van der Waals surface area contributed by atoms with Crippen LogP contribution in [0.1, 0.15) is 15.9 Å². The molecule has 0 unspecified atom stereocenters. The minimum Gasteiger partial charge on any atom is -0.456 e. The van der Waals surface area contributed by atoms with Crippen LogP contribution in [0.15, 0.2) is 48.5 Å². The van der Waals surface area contributed by atoms with Crippen LogP contribution in [0, 0.1) is 27.6 Å². The number of nitro groups is 1. The highest BCUT2D eigenvalue weighted by molar-refractivity contribution is 6.32. The Bertz CT molecular complexity index is 1380. The van der Waals surface area contributed by atoms with E-state index in [2.05, 4.69) is 0 Å². The topological polar surface area (TPSA) is 111 Å². The Hall–Kier alpha value is -4.33. The summed E-state index contributed by atoms with van der Waals surface area (Å²) in [5.41, 5.74) is -4.18. The fourth-order valence-corrected chi connectivity index (χ4v) is 2.98. The van der Waals surface area contributed by atoms with Crippen molar-refractivity contribution in [2.75, 3.05) is 5.32 Å². The number of carbonyl (C=O) groups excluding carboxylic acids is 2. The molecule has 0 bridgehead atoms. The molecule has 0 saturated heterocycles. The maximum atomic E-state index is 14.4. The van der Waals surface area contributed by atoms with E-state index in [9.17, 15) is 46.0 Å². The van der Waals surface area contributed by atoms with Gasteiger partial charge >= 0.3 is 17.9 Å². The van der Waals surface area contributed by atoms with Gasteiger partial charge in [0.15, 0.2) is 0 Å². The molecule has 0 fully saturated rings. The Labute approximate surface area is 201 Å². The summed E-state index contributed by atoms with van der Waals surface area (Å²) in [5.74, 6) is -6.57. The second-order valence-electron chi connectivity index (χ2n) is 6.81. The Morgan fingerprint density at radius 2 is 1.67 bits per heavy atom. The molecule has 0 aliphatic rings. The number of urea groups is 1. The maximum absolute atomic E-state index is 14.4. The van der Waals surface area contributed by atoms with Crippen LogP contribution in [-0.4, -0.2) is 16.9 Å². The second kappa shape index (κ2) is 10.1. The van der Waals surface area contributed by atoms with Crippen molar-refractivity contribution >= 4 is 34.9 Å². The number of alkyl halides is 3. The van der Waals surface area contributed by atoms with Crippen molar-refractivity contribution in [1.82, 2.24) is 5.32 Å². The zero-order chi connectivity index (χ0) is 26.8. The van der Waals surface area contributed by atoms with Gasteiger partial charge in [0.2, 0.25) is 5.82 Å². The van der Waals surface area contributed by atoms with Gasteiger partial charge in [0.1, 0.15) is 28.7 Å². The molecule has 0 saturated carbocycles. The van der Waals surface area contributed by atoms with Crippen LogP contribution in [0.5, 0.6) is 11.5 Å². The van der Waals surface area contributed by atoms with Crippen molar-refractivity contribution in [2.24, 2.45) is 0 Å². The van der Waals surface area contributed by atoms with E-state index in [1.807, 2.05) is 5.32 Å². The van der Waals surface area contributed by atoms with Gasteiger partial charge in [-0.3, -0.25) is 20.2 Å². The Balaban J connectivity index is 1.71. The summed E-state index contributed by atoms with van der Waals surface area (Å²) in [6, 6.07) is 4.48. The van der Waals surface area contributed by atoms with Crippen LogP contribution in [-0.2, 0) is 6.18 Å². The Morgan fingerprint density at radius 3 is 2.25 bits per heavy atom. The third-order valence-electron chi connectivity index (χ3n) is 4.40. The average Bonchev–Trinajstić information content (AvgIpc) is 2.76. The number of hydrogen-bond acceptors (Lipinski definition) is 5. The summed E-state index contributed by atoms with van der Waals surface area (Å²) in [5, 5.41) is 13.7. The Morgan fingerprint density at radius 1 is 0.972 bits per heavy atom. The fraction of sp³-hybridized carbons (Fsp3) is 0.0476. The summed E-state index contributed by atoms with van der Waals surface area (Å²) in [6.45, 7) is 0. The van der Waals surface area contributed by atoms with E-state index in [1.165, 1.54) is 5.32 Å². The molecule has 0 spiro atoms. The largest absolute Gasteiger partial charge is 0.456 e. The predicted molar refractivity (Wildman–Crippen MR) is 112 cm³/mol. The number of ether oxygens (including phenoxy) is 1. The number of rotatable bonds is 5. The third-order valence-corrected chi connectivity index (χ3v) is 4.69. The zero-order valence-electron chi connectivity index (χ0n) is 17.3. The number of benzene rings is 3. The van der Waals surface area contributed by atoms with E-state index in [0.717, 1.165) is 24.3 Å². The highest BCUT2D eigenvalue weighted by Crippen LogP contribution is 2.37. The van der Waals surface area contributed by atoms with Gasteiger partial charge in [-0.1, -0.05) is 11.6 Å². The van der Waals surface area contributed by atoms with Crippen molar-refractivity contribution in [1.29, 1.82) is 0 Å². The van der Waals surface area contributed by atoms with Crippen molar-refractivity contribution < 1.29 is 45.6 Å². The van der Waals surface area contributed by atoms with E-state index in [1.54, 1.807) is 0 Å². The molecule has 0 aromatic heterocycles. The lowest BCUT2D eigenvalue weighted by atomic mass is 10.1. The molecule has 0 aliphatic heterocycles. The van der Waals surface area contributed by atoms with E-state index in [4.69, 9.17) is 16.3 Å². The van der Waals surface area contributed by atoms with E-state index in [0.29, 0.717) is 24.3 Å². The number of nitro benzene ring substituents is 1. The molecule has 8 nitrogen and oxygen atoms in total. The van der Waals surface area contributed by atoms with Gasteiger partial charge in [0.25, 0.3) is 5.91 Å². The molecule has 2 N–H and O–H groups in total. The van der Waals surface area contributed by atoms with Crippen LogP contribution >= 0.6 is 11.6 Å². The number of carbonyl (C=O) groups is 2. The normalized spacial score (nSPS) is 11.1. The first-order valence-electron chi connectivity index (χ1n) is 9.36. The molecule has 0 radical (unpaired) electrons. The molecule has 0 aliphatic carbocycles. The molecule has 3 amide bonds. The van der Waals surface area contributed by atoms with Gasteiger partial charge in [0, 0.05) is 12.1 Å². The number of imide groups is 1. The molecule has 3 aromatic rings. The number of nitrogens with zero attached hydrogens (tertiary/aromatic N) is 1. The van der Waals surface area contributed by atoms with Gasteiger partial charge in [0.05, 0.1) is 21.2 Å². The molecule has 188 valence electrons. The first kappa shape index (κ1) is 26.3. The number of halogens is 7. The van der Waals surface area contributed by atoms with E-state index < -0.39 is 68.0 Å². The van der Waals surface area contributed by atoms with Gasteiger partial charge in [-0.05, 0) is 36.4 Å². The zero-order valence-corrected chi connectivity index (χ0v) is 18.0. The predicted octanol–water partition coefficient (Wildman–Crippen LogP) is 6.44. The monoisotopic (exact) mass is 533 g/mol. The molecular weight excluding hydrogens is 524 g/mol. The van der Waals surface area contributed by atoms with E-state index in [-0.39, 0.29) is 11.5 Å². The molecule has 3 aromatic carbocycles. The molecule has 36 heavy (non-hydrogen) atoms. The second-order valence-corrected chi connectivity index (χ2v) is 7.21. The summed E-state index contributed by atoms with van der Waals surface area (Å²) in [7, 11) is 0. The summed E-state index contributed by atoms with van der Waals surface area (Å²) < 4.78 is 85.7. The lowest BCUT2D eigenvalue weighted by Crippen LogP contribution is -2.35. The van der Waals surface area contributed by atoms with Crippen molar-refractivity contribution in [3.05, 3.63) is 92.2 Å². The molecule has 0 atom stereocenters. The third kappa shape index (κ3) is 5.83. The van der Waals surface area contributed by atoms with Gasteiger partial charge < -0.3 is 10.1 Å². The Kier molecular flexibility index (Phi) is 7.38. The van der Waals surface area contributed by atoms with Gasteiger partial charge in [-0.25, -0.2) is 13.6 Å². The first-order valence-corrected chi connectivity index (χ1v) is 9.74. The number of nitrogens with one attached hydrogen (secondary N) is 2. The lowest BCUT2D eigenvalue weighted by Gasteiger charge is -2.12. The lowest BCUT2D eigenvalue weighted by molar-refractivity contribution is -0.387. The minimum absolute atomic E-state index is 0.225. The number of anilines is 1. The molecule has 15 heteroatoms. The molecule has 3 rings (SSSR count). The van der Waals surface area contributed by atoms with Gasteiger partial charge in [-0.2, -0.15) is 17.6 Å². The van der Waals surface area contributed by atoms with Crippen LogP contribution in [0.4, 0.5) is 42.5 Å². The van der Waals surface area contributed by atoms with E-state index >= 15 is 0 Å². The van der Waals surface area contributed by atoms with Crippen LogP contribution in [0.2, 0.25) is 5.02 Å². The summed E-state index contributed by atoms with van der Waals surface area (Å²) in [6.07, 6.45) is -4.64. The van der Waals surface area contributed by atoms with Crippen LogP contribution < -0.4 is 15.4 Å². The smallest absolute Gasteiger partial charge is 0.416 e. The standard InChI is InChI=1S/C21H10ClF6N3O5/c22-11-7-9(21(26,27)28)1-6-16(11)36-10-2-4-14(13(24)8-10)29-20(33)30-19(32)17-12(23)3-5-15(18(17)25)31(34)35/h1-8H,(H2,29,30,32,33). The summed E-state index contributed by atoms with van der Waals surface area (Å²) in [4.78, 5) is 33.6. The SMILES string of the molecule is O=C(NC(=O)c1c(F)ccc([N+](=O)[O-])c1F)Nc1ccc(Oc2ccc(C(F)(F)F)cc2Cl)cc1F. The molecule has 0 heterocycles. The van der Waals surface area contributed by atoms with Crippen LogP contribution in [0.25, 0.3) is 0 Å². The number of hydrogen-bond donors (Lipinski definition) is 2. The average molecular weight is 534 g/mol. The summed E-state index contributed by atoms with van der Waals surface area (Å²) >= 11 is 5.77. The van der Waals surface area contributed by atoms with Crippen molar-refractivity contribution in [3.63, 3.8) is 0 Å². The first-order chi connectivity index (χ1) is 16.8. The highest BCUT2D eigenvalue weighted by atomic mass is 35.5. The quantitative estimate of drug-likeness (QED) is 0.223. The number of amides is 3. The van der Waals surface area contributed by atoms with Gasteiger partial charge in [-0.15, -0.1) is 0 Å². The van der Waals surface area contributed by atoms with Crippen molar-refractivity contribution in [3.8, 4) is 11.5 Å².